The van der Waals surface area contributed by atoms with Crippen molar-refractivity contribution in [3.05, 3.63) is 87.0 Å². The van der Waals surface area contributed by atoms with Crippen LogP contribution >= 0.6 is 11.3 Å². The summed E-state index contributed by atoms with van der Waals surface area (Å²) < 4.78 is 32.8. The molecular weight excluding hydrogens is 466 g/mol. The Morgan fingerprint density at radius 2 is 1.59 bits per heavy atom. The molecule has 0 atom stereocenters. The van der Waals surface area contributed by atoms with Gasteiger partial charge < -0.3 is 10.1 Å². The summed E-state index contributed by atoms with van der Waals surface area (Å²) >= 11 is 1.57. The molecule has 2 heterocycles. The quantitative estimate of drug-likeness (QED) is 0.328. The van der Waals surface area contributed by atoms with E-state index in [1.54, 1.807) is 47.7 Å². The molecule has 8 heteroatoms. The molecule has 0 saturated carbocycles. The van der Waals surface area contributed by atoms with Gasteiger partial charge in [-0.25, -0.2) is 18.4 Å². The van der Waals surface area contributed by atoms with Gasteiger partial charge in [0.2, 0.25) is 9.84 Å². The van der Waals surface area contributed by atoms with Crippen LogP contribution in [0.15, 0.2) is 63.7 Å². The highest BCUT2D eigenvalue weighted by Gasteiger charge is 2.23. The van der Waals surface area contributed by atoms with Gasteiger partial charge in [0.15, 0.2) is 0 Å². The Morgan fingerprint density at radius 1 is 0.912 bits per heavy atom. The van der Waals surface area contributed by atoms with Crippen molar-refractivity contribution in [3.8, 4) is 5.75 Å². The Morgan fingerprint density at radius 3 is 2.21 bits per heavy atom. The Balaban J connectivity index is 1.62. The zero-order chi connectivity index (χ0) is 24.5. The maximum absolute atomic E-state index is 13.5. The normalized spacial score (nSPS) is 11.4. The van der Waals surface area contributed by atoms with Gasteiger partial charge in [0.25, 0.3) is 0 Å². The lowest BCUT2D eigenvalue weighted by Gasteiger charge is -2.17. The number of ether oxygens (including phenoxy) is 1. The number of rotatable bonds is 7. The van der Waals surface area contributed by atoms with Crippen molar-refractivity contribution >= 4 is 32.7 Å². The second-order valence-electron chi connectivity index (χ2n) is 8.32. The first-order chi connectivity index (χ1) is 16.1. The van der Waals surface area contributed by atoms with E-state index in [1.807, 2.05) is 40.0 Å². The molecule has 0 aliphatic rings. The highest BCUT2D eigenvalue weighted by Crippen LogP contribution is 2.32. The molecule has 4 rings (SSSR count). The van der Waals surface area contributed by atoms with Crippen LogP contribution in [-0.4, -0.2) is 18.4 Å². The molecule has 2 aromatic carbocycles. The Kier molecular flexibility index (Phi) is 6.72. The van der Waals surface area contributed by atoms with Crippen molar-refractivity contribution in [1.29, 1.82) is 0 Å². The minimum absolute atomic E-state index is 0.129. The predicted molar refractivity (Wildman–Crippen MR) is 136 cm³/mol. The minimum Gasteiger partial charge on any atom is -0.487 e. The summed E-state index contributed by atoms with van der Waals surface area (Å²) in [6.07, 6.45) is 0. The molecule has 6 nitrogen and oxygen atoms in total. The van der Waals surface area contributed by atoms with Crippen LogP contribution in [0.25, 0.3) is 0 Å². The van der Waals surface area contributed by atoms with Gasteiger partial charge in [-0.15, -0.1) is 11.3 Å². The molecule has 0 aliphatic heterocycles. The molecule has 0 radical (unpaired) electrons. The molecule has 0 bridgehead atoms. The van der Waals surface area contributed by atoms with Crippen molar-refractivity contribution in [2.45, 2.75) is 51.0 Å². The van der Waals surface area contributed by atoms with Gasteiger partial charge in [0.05, 0.1) is 15.6 Å². The van der Waals surface area contributed by atoms with Gasteiger partial charge in [-0.2, -0.15) is 0 Å². The summed E-state index contributed by atoms with van der Waals surface area (Å²) in [5.74, 6) is 0.894. The molecule has 0 saturated heterocycles. The van der Waals surface area contributed by atoms with Crippen molar-refractivity contribution < 1.29 is 13.2 Å². The number of anilines is 2. The first-order valence-electron chi connectivity index (χ1n) is 10.8. The van der Waals surface area contributed by atoms with E-state index in [-0.39, 0.29) is 9.79 Å². The van der Waals surface area contributed by atoms with E-state index in [9.17, 15) is 8.42 Å². The van der Waals surface area contributed by atoms with Crippen LogP contribution in [0.1, 0.15) is 33.1 Å². The average Bonchev–Trinajstić information content (AvgIpc) is 3.20. The monoisotopic (exact) mass is 493 g/mol. The molecule has 1 N–H and O–H groups in total. The summed E-state index contributed by atoms with van der Waals surface area (Å²) in [6, 6.07) is 13.9. The number of pyridine rings is 1. The van der Waals surface area contributed by atoms with Crippen LogP contribution in [0.5, 0.6) is 5.75 Å². The van der Waals surface area contributed by atoms with Crippen LogP contribution in [-0.2, 0) is 16.4 Å². The summed E-state index contributed by atoms with van der Waals surface area (Å²) in [6.45, 7) is 10.2. The number of aryl methyl sites for hydroxylation is 5. The molecule has 0 spiro atoms. The van der Waals surface area contributed by atoms with Gasteiger partial charge in [0.1, 0.15) is 23.1 Å². The van der Waals surface area contributed by atoms with E-state index in [4.69, 9.17) is 4.74 Å². The maximum Gasteiger partial charge on any atom is 0.210 e. The maximum atomic E-state index is 13.5. The lowest BCUT2D eigenvalue weighted by atomic mass is 10.1. The summed E-state index contributed by atoms with van der Waals surface area (Å²) in [7, 11) is -3.81. The van der Waals surface area contributed by atoms with Crippen molar-refractivity contribution in [1.82, 2.24) is 9.97 Å². The average molecular weight is 494 g/mol. The number of hydrogen-bond donors (Lipinski definition) is 1. The topological polar surface area (TPSA) is 81.2 Å². The zero-order valence-corrected chi connectivity index (χ0v) is 21.5. The van der Waals surface area contributed by atoms with Crippen LogP contribution in [0, 0.1) is 34.6 Å². The Labute approximate surface area is 204 Å². The fourth-order valence-electron chi connectivity index (χ4n) is 3.82. The third-order valence-electron chi connectivity index (χ3n) is 5.39. The Bertz CT molecular complexity index is 1420. The molecule has 4 aromatic rings. The second kappa shape index (κ2) is 9.56. The highest BCUT2D eigenvalue weighted by atomic mass is 32.2. The lowest BCUT2D eigenvalue weighted by Crippen LogP contribution is -2.09. The Hall–Kier alpha value is -3.23. The SMILES string of the molecule is Cc1cc(C)c(Nc2nc(C)ccc2S(=O)(=O)c2ccc(OCc3csc(C)n3)cc2)c(C)c1. The zero-order valence-electron chi connectivity index (χ0n) is 19.8. The molecule has 0 amide bonds. The molecule has 2 aromatic heterocycles. The number of sulfone groups is 1. The van der Waals surface area contributed by atoms with E-state index >= 15 is 0 Å². The predicted octanol–water partition coefficient (Wildman–Crippen LogP) is 6.24. The number of thiazole rings is 1. The van der Waals surface area contributed by atoms with Crippen molar-refractivity contribution in [2.75, 3.05) is 5.32 Å². The van der Waals surface area contributed by atoms with Crippen molar-refractivity contribution in [2.24, 2.45) is 0 Å². The second-order valence-corrected chi connectivity index (χ2v) is 11.3. The third-order valence-corrected chi connectivity index (χ3v) is 8.02. The molecule has 0 aliphatic carbocycles. The standard InChI is InChI=1S/C26H27N3O3S2/c1-16-12-17(2)25(18(3)13-16)29-26-24(11-6-19(4)27-26)34(30,31)23-9-7-22(8-10-23)32-14-21-15-33-20(5)28-21/h6-13,15H,14H2,1-5H3,(H,27,29). The van der Waals surface area contributed by atoms with E-state index in [0.29, 0.717) is 18.2 Å². The van der Waals surface area contributed by atoms with Crippen LogP contribution in [0.4, 0.5) is 11.5 Å². The largest absolute Gasteiger partial charge is 0.487 e. The number of benzene rings is 2. The van der Waals surface area contributed by atoms with Crippen LogP contribution < -0.4 is 10.1 Å². The third kappa shape index (κ3) is 5.13. The van der Waals surface area contributed by atoms with Crippen molar-refractivity contribution in [3.63, 3.8) is 0 Å². The number of nitrogens with zero attached hydrogens (tertiary/aromatic N) is 2. The number of nitrogens with one attached hydrogen (secondary N) is 1. The fourth-order valence-corrected chi connectivity index (χ4v) is 5.76. The lowest BCUT2D eigenvalue weighted by molar-refractivity contribution is 0.302. The van der Waals surface area contributed by atoms with Gasteiger partial charge in [-0.3, -0.25) is 0 Å². The first kappa shape index (κ1) is 23.9. The number of aromatic nitrogens is 2. The van der Waals surface area contributed by atoms with E-state index in [2.05, 4.69) is 27.4 Å². The van der Waals surface area contributed by atoms with Gasteiger partial charge in [-0.05, 0) is 82.1 Å². The summed E-state index contributed by atoms with van der Waals surface area (Å²) in [5.41, 5.74) is 5.65. The van der Waals surface area contributed by atoms with E-state index in [0.717, 1.165) is 38.8 Å². The van der Waals surface area contributed by atoms with Crippen LogP contribution in [0.3, 0.4) is 0 Å². The molecule has 0 unspecified atom stereocenters. The molecule has 0 fully saturated rings. The minimum atomic E-state index is -3.81. The number of hydrogen-bond acceptors (Lipinski definition) is 7. The molecular formula is C26H27N3O3S2. The summed E-state index contributed by atoms with van der Waals surface area (Å²) in [5, 5.41) is 6.21. The fraction of sp³-hybridized carbons (Fsp3) is 0.231. The smallest absolute Gasteiger partial charge is 0.210 e. The molecule has 176 valence electrons. The van der Waals surface area contributed by atoms with Gasteiger partial charge >= 0.3 is 0 Å². The molecule has 34 heavy (non-hydrogen) atoms. The highest BCUT2D eigenvalue weighted by molar-refractivity contribution is 7.91. The van der Waals surface area contributed by atoms with Gasteiger partial charge in [0, 0.05) is 16.8 Å². The van der Waals surface area contributed by atoms with E-state index < -0.39 is 9.84 Å². The summed E-state index contributed by atoms with van der Waals surface area (Å²) in [4.78, 5) is 9.21. The first-order valence-corrected chi connectivity index (χ1v) is 13.2. The van der Waals surface area contributed by atoms with E-state index in [1.165, 1.54) is 0 Å². The van der Waals surface area contributed by atoms with Gasteiger partial charge in [-0.1, -0.05) is 17.7 Å². The van der Waals surface area contributed by atoms with Crippen LogP contribution in [0.2, 0.25) is 0 Å².